The number of ketones is 1. The first kappa shape index (κ1) is 16.7. The van der Waals surface area contributed by atoms with E-state index in [4.69, 9.17) is 5.11 Å². The molecule has 1 N–H and O–H groups in total. The van der Waals surface area contributed by atoms with Gasteiger partial charge in [0.2, 0.25) is 5.91 Å². The molecule has 0 saturated heterocycles. The summed E-state index contributed by atoms with van der Waals surface area (Å²) in [6.07, 6.45) is 1.90. The zero-order valence-corrected chi connectivity index (χ0v) is 13.9. The van der Waals surface area contributed by atoms with Crippen molar-refractivity contribution in [2.24, 2.45) is 0 Å². The average Bonchev–Trinajstić information content (AvgIpc) is 3.20. The molecule has 0 radical (unpaired) electrons. The summed E-state index contributed by atoms with van der Waals surface area (Å²) in [6, 6.07) is 1.05. The summed E-state index contributed by atoms with van der Waals surface area (Å²) in [5.41, 5.74) is 0.680. The zero-order chi connectivity index (χ0) is 16.4. The van der Waals surface area contributed by atoms with E-state index in [9.17, 15) is 14.4 Å². The highest BCUT2D eigenvalue weighted by molar-refractivity contribution is 7.12. The van der Waals surface area contributed by atoms with Gasteiger partial charge in [-0.1, -0.05) is 0 Å². The van der Waals surface area contributed by atoms with Crippen molar-refractivity contribution >= 4 is 29.0 Å². The Morgan fingerprint density at radius 3 is 2.41 bits per heavy atom. The summed E-state index contributed by atoms with van der Waals surface area (Å²) in [6.45, 7) is 5.37. The number of carboxylic acid groups (broad SMARTS) is 1. The Labute approximate surface area is 133 Å². The van der Waals surface area contributed by atoms with Crippen LogP contribution in [0.1, 0.15) is 52.7 Å². The molecule has 1 heterocycles. The molecule has 1 aliphatic rings. The Balaban J connectivity index is 1.97. The number of nitrogens with zero attached hydrogens (tertiary/aromatic N) is 1. The lowest BCUT2D eigenvalue weighted by molar-refractivity contribution is -0.150. The molecule has 0 bridgehead atoms. The van der Waals surface area contributed by atoms with E-state index in [0.29, 0.717) is 5.56 Å². The van der Waals surface area contributed by atoms with E-state index >= 15 is 0 Å². The van der Waals surface area contributed by atoms with Gasteiger partial charge in [0.15, 0.2) is 5.78 Å². The molecule has 2 rings (SSSR count). The Bertz CT molecular complexity index is 603. The van der Waals surface area contributed by atoms with Crippen molar-refractivity contribution in [2.75, 3.05) is 0 Å². The van der Waals surface area contributed by atoms with Crippen molar-refractivity contribution in [3.63, 3.8) is 0 Å². The molecule has 5 nitrogen and oxygen atoms in total. The van der Waals surface area contributed by atoms with Gasteiger partial charge in [0.1, 0.15) is 6.04 Å². The minimum absolute atomic E-state index is 0.0267. The van der Waals surface area contributed by atoms with Crippen molar-refractivity contribution in [3.8, 4) is 0 Å². The number of carboxylic acids is 1. The molecule has 0 aromatic carbocycles. The summed E-state index contributed by atoms with van der Waals surface area (Å²) in [5, 5.41) is 9.11. The van der Waals surface area contributed by atoms with Crippen LogP contribution in [0, 0.1) is 13.8 Å². The third-order valence-electron chi connectivity index (χ3n) is 3.91. The SMILES string of the molecule is Cc1cc(C(=O)CCC(=O)N(C2CC2)C(C)C(=O)O)c(C)s1. The Kier molecular flexibility index (Phi) is 5.01. The number of thiophene rings is 1. The van der Waals surface area contributed by atoms with E-state index in [0.717, 1.165) is 22.6 Å². The zero-order valence-electron chi connectivity index (χ0n) is 13.1. The van der Waals surface area contributed by atoms with Crippen molar-refractivity contribution < 1.29 is 19.5 Å². The van der Waals surface area contributed by atoms with Crippen LogP contribution in [-0.2, 0) is 9.59 Å². The lowest BCUT2D eigenvalue weighted by atomic mass is 10.1. The fourth-order valence-electron chi connectivity index (χ4n) is 2.60. The molecule has 1 unspecified atom stereocenters. The van der Waals surface area contributed by atoms with Crippen LogP contribution in [0.5, 0.6) is 0 Å². The van der Waals surface area contributed by atoms with E-state index in [-0.39, 0.29) is 30.6 Å². The van der Waals surface area contributed by atoms with E-state index in [2.05, 4.69) is 0 Å². The first-order valence-corrected chi connectivity index (χ1v) is 8.27. The van der Waals surface area contributed by atoms with Crippen LogP contribution in [0.3, 0.4) is 0 Å². The van der Waals surface area contributed by atoms with E-state index in [1.807, 2.05) is 19.9 Å². The number of hydrogen-bond acceptors (Lipinski definition) is 4. The molecule has 0 spiro atoms. The maximum atomic E-state index is 12.3. The second-order valence-electron chi connectivity index (χ2n) is 5.80. The topological polar surface area (TPSA) is 74.7 Å². The number of aliphatic carboxylic acids is 1. The quantitative estimate of drug-likeness (QED) is 0.783. The maximum Gasteiger partial charge on any atom is 0.326 e. The fourth-order valence-corrected chi connectivity index (χ4v) is 3.54. The highest BCUT2D eigenvalue weighted by atomic mass is 32.1. The molecule has 1 aromatic heterocycles. The molecule has 1 fully saturated rings. The van der Waals surface area contributed by atoms with Gasteiger partial charge in [0.05, 0.1) is 0 Å². The molecule has 6 heteroatoms. The van der Waals surface area contributed by atoms with Crippen LogP contribution in [0.25, 0.3) is 0 Å². The summed E-state index contributed by atoms with van der Waals surface area (Å²) in [7, 11) is 0. The predicted octanol–water partition coefficient (Wildman–Crippen LogP) is 2.79. The summed E-state index contributed by atoms with van der Waals surface area (Å²) in [5.74, 6) is -1.29. The van der Waals surface area contributed by atoms with Crippen LogP contribution >= 0.6 is 11.3 Å². The maximum absolute atomic E-state index is 12.3. The van der Waals surface area contributed by atoms with Crippen LogP contribution in [0.15, 0.2) is 6.07 Å². The normalized spacial score (nSPS) is 15.4. The van der Waals surface area contributed by atoms with Crippen molar-refractivity contribution in [3.05, 3.63) is 21.4 Å². The number of hydrogen-bond donors (Lipinski definition) is 1. The first-order valence-electron chi connectivity index (χ1n) is 7.45. The van der Waals surface area contributed by atoms with Gasteiger partial charge in [-0.25, -0.2) is 4.79 Å². The molecule has 1 saturated carbocycles. The monoisotopic (exact) mass is 323 g/mol. The molecular formula is C16H21NO4S. The lowest BCUT2D eigenvalue weighted by Crippen LogP contribution is -2.44. The lowest BCUT2D eigenvalue weighted by Gasteiger charge is -2.26. The van der Waals surface area contributed by atoms with E-state index in [1.54, 1.807) is 11.3 Å². The van der Waals surface area contributed by atoms with Gasteiger partial charge in [-0.15, -0.1) is 11.3 Å². The van der Waals surface area contributed by atoms with Gasteiger partial charge < -0.3 is 10.0 Å². The summed E-state index contributed by atoms with van der Waals surface area (Å²) in [4.78, 5) is 39.1. The second-order valence-corrected chi connectivity index (χ2v) is 7.26. The third-order valence-corrected chi connectivity index (χ3v) is 4.88. The van der Waals surface area contributed by atoms with Crippen LogP contribution in [0.4, 0.5) is 0 Å². The average molecular weight is 323 g/mol. The van der Waals surface area contributed by atoms with Crippen molar-refractivity contribution in [2.45, 2.75) is 58.5 Å². The van der Waals surface area contributed by atoms with Gasteiger partial charge in [-0.3, -0.25) is 9.59 Å². The molecule has 1 amide bonds. The minimum Gasteiger partial charge on any atom is -0.480 e. The first-order chi connectivity index (χ1) is 10.3. The molecule has 0 aliphatic heterocycles. The summed E-state index contributed by atoms with van der Waals surface area (Å²) >= 11 is 1.57. The number of amides is 1. The molecule has 120 valence electrons. The highest BCUT2D eigenvalue weighted by Crippen LogP contribution is 2.30. The van der Waals surface area contributed by atoms with Crippen LogP contribution < -0.4 is 0 Å². The summed E-state index contributed by atoms with van der Waals surface area (Å²) < 4.78 is 0. The number of Topliss-reactive ketones (excluding diaryl/α,β-unsaturated/α-hetero) is 1. The van der Waals surface area contributed by atoms with Gasteiger partial charge in [-0.2, -0.15) is 0 Å². The largest absolute Gasteiger partial charge is 0.480 e. The molecule has 1 aliphatic carbocycles. The van der Waals surface area contributed by atoms with Crippen LogP contribution in [-0.4, -0.2) is 39.7 Å². The molecule has 1 atom stereocenters. The van der Waals surface area contributed by atoms with Gasteiger partial charge in [-0.05, 0) is 39.7 Å². The number of carbonyl (C=O) groups excluding carboxylic acids is 2. The standard InChI is InChI=1S/C16H21NO4S/c1-9-8-13(11(3)22-9)14(18)6-7-15(19)17(12-4-5-12)10(2)16(20)21/h8,10,12H,4-7H2,1-3H3,(H,20,21). The molecular weight excluding hydrogens is 302 g/mol. The van der Waals surface area contributed by atoms with Gasteiger partial charge in [0.25, 0.3) is 0 Å². The van der Waals surface area contributed by atoms with Crippen molar-refractivity contribution in [1.29, 1.82) is 0 Å². The Morgan fingerprint density at radius 2 is 1.95 bits per heavy atom. The number of carbonyl (C=O) groups is 3. The fraction of sp³-hybridized carbons (Fsp3) is 0.562. The van der Waals surface area contributed by atoms with Gasteiger partial charge >= 0.3 is 5.97 Å². The van der Waals surface area contributed by atoms with Crippen LogP contribution in [0.2, 0.25) is 0 Å². The predicted molar refractivity (Wildman–Crippen MR) is 84.3 cm³/mol. The van der Waals surface area contributed by atoms with Crippen molar-refractivity contribution in [1.82, 2.24) is 4.90 Å². The Morgan fingerprint density at radius 1 is 1.32 bits per heavy atom. The third kappa shape index (κ3) is 3.74. The van der Waals surface area contributed by atoms with E-state index < -0.39 is 12.0 Å². The smallest absolute Gasteiger partial charge is 0.326 e. The van der Waals surface area contributed by atoms with E-state index in [1.165, 1.54) is 11.8 Å². The highest BCUT2D eigenvalue weighted by Gasteiger charge is 2.38. The molecule has 22 heavy (non-hydrogen) atoms. The molecule has 1 aromatic rings. The second kappa shape index (κ2) is 6.60. The number of aryl methyl sites for hydroxylation is 2. The minimum atomic E-state index is -1.00. The number of rotatable bonds is 7. The Hall–Kier alpha value is -1.69. The van der Waals surface area contributed by atoms with Gasteiger partial charge in [0, 0.05) is 34.2 Å².